The van der Waals surface area contributed by atoms with Crippen molar-refractivity contribution >= 4 is 33.7 Å². The van der Waals surface area contributed by atoms with Gasteiger partial charge < -0.3 is 10.1 Å². The number of esters is 1. The highest BCUT2D eigenvalue weighted by Gasteiger charge is 2.54. The number of hydrogen-bond acceptors (Lipinski definition) is 4. The van der Waals surface area contributed by atoms with Gasteiger partial charge in [-0.25, -0.2) is 4.79 Å². The second kappa shape index (κ2) is 7.47. The van der Waals surface area contributed by atoms with Crippen LogP contribution in [0.3, 0.4) is 0 Å². The van der Waals surface area contributed by atoms with E-state index in [1.54, 1.807) is 6.20 Å². The largest absolute Gasteiger partial charge is 0.457 e. The molecule has 4 fully saturated rings. The molecule has 1 aromatic carbocycles. The molecular formula is C26H27BrN2O2. The van der Waals surface area contributed by atoms with E-state index in [9.17, 15) is 4.79 Å². The van der Waals surface area contributed by atoms with Crippen molar-refractivity contribution < 1.29 is 9.53 Å². The summed E-state index contributed by atoms with van der Waals surface area (Å²) in [6, 6.07) is 10.2. The molecule has 5 aliphatic carbocycles. The van der Waals surface area contributed by atoms with Crippen LogP contribution in [0.1, 0.15) is 59.3 Å². The Morgan fingerprint density at radius 2 is 1.94 bits per heavy atom. The molecule has 4 bridgehead atoms. The number of pyridine rings is 1. The third-order valence-electron chi connectivity index (χ3n) is 7.74. The summed E-state index contributed by atoms with van der Waals surface area (Å²) in [7, 11) is 0. The van der Waals surface area contributed by atoms with Gasteiger partial charge >= 0.3 is 5.97 Å². The lowest BCUT2D eigenvalue weighted by molar-refractivity contribution is 0.0278. The Hall–Kier alpha value is -2.14. The maximum atomic E-state index is 13.1. The molecule has 1 heterocycles. The summed E-state index contributed by atoms with van der Waals surface area (Å²) in [5.74, 6) is 1.87. The molecule has 0 aliphatic heterocycles. The van der Waals surface area contributed by atoms with E-state index >= 15 is 0 Å². The average Bonchev–Trinajstić information content (AvgIpc) is 3.23. The maximum absolute atomic E-state index is 13.1. The van der Waals surface area contributed by atoms with Crippen molar-refractivity contribution in [2.24, 2.45) is 17.8 Å². The van der Waals surface area contributed by atoms with Crippen LogP contribution in [0.2, 0.25) is 0 Å². The number of ether oxygens (including phenoxy) is 1. The number of aromatic nitrogens is 1. The summed E-state index contributed by atoms with van der Waals surface area (Å²) in [5, 5.41) is 3.88. The number of nitrogens with one attached hydrogen (secondary N) is 1. The molecule has 4 saturated carbocycles. The Bertz CT molecular complexity index is 1030. The highest BCUT2D eigenvalue weighted by Crippen LogP contribution is 2.59. The zero-order chi connectivity index (χ0) is 21.0. The number of allylic oxidation sites excluding steroid dienone is 1. The Morgan fingerprint density at radius 1 is 1.16 bits per heavy atom. The van der Waals surface area contributed by atoms with E-state index in [2.05, 4.69) is 38.4 Å². The summed E-state index contributed by atoms with van der Waals surface area (Å²) in [6.45, 7) is 0.272. The van der Waals surface area contributed by atoms with Crippen LogP contribution >= 0.6 is 15.9 Å². The first-order valence-electron chi connectivity index (χ1n) is 11.4. The molecule has 2 atom stereocenters. The molecule has 5 aliphatic rings. The quantitative estimate of drug-likeness (QED) is 0.438. The minimum absolute atomic E-state index is 0.272. The van der Waals surface area contributed by atoms with Gasteiger partial charge in [0.15, 0.2) is 0 Å². The van der Waals surface area contributed by atoms with Crippen LogP contribution in [0.25, 0.3) is 6.08 Å². The van der Waals surface area contributed by atoms with E-state index < -0.39 is 0 Å². The number of hydrogen-bond donors (Lipinski definition) is 1. The highest BCUT2D eigenvalue weighted by atomic mass is 79.9. The molecule has 0 saturated heterocycles. The summed E-state index contributed by atoms with van der Waals surface area (Å²) in [5.41, 5.74) is 4.59. The lowest BCUT2D eigenvalue weighted by atomic mass is 9.54. The van der Waals surface area contributed by atoms with Crippen LogP contribution in [0.5, 0.6) is 0 Å². The molecule has 4 nitrogen and oxygen atoms in total. The molecule has 2 aromatic rings. The molecule has 5 heteroatoms. The number of rotatable bonds is 5. The van der Waals surface area contributed by atoms with Crippen molar-refractivity contribution in [2.45, 2.75) is 55.5 Å². The first-order valence-corrected chi connectivity index (χ1v) is 12.2. The number of anilines is 1. The fourth-order valence-corrected chi connectivity index (χ4v) is 7.92. The third-order valence-corrected chi connectivity index (χ3v) is 8.71. The number of fused-ring (bicyclic) bond motifs is 1. The van der Waals surface area contributed by atoms with Crippen LogP contribution in [0.4, 0.5) is 5.69 Å². The van der Waals surface area contributed by atoms with E-state index in [1.165, 1.54) is 32.1 Å². The van der Waals surface area contributed by atoms with Crippen LogP contribution in [0.15, 0.2) is 42.6 Å². The molecule has 2 unspecified atom stereocenters. The van der Waals surface area contributed by atoms with Gasteiger partial charge in [0.05, 0.1) is 11.4 Å². The standard InChI is InChI=1S/C26H27BrN2O2/c27-26-11-17-9-18(12-26)23(19(10-17)13-26)29-24-20-7-4-8-22(20)28-14-21(24)25(30)31-15-16-5-2-1-3-6-16/h1-7,14,17-19,23H,8-13,15H2,(H,28,29). The zero-order valence-corrected chi connectivity index (χ0v) is 19.1. The minimum Gasteiger partial charge on any atom is -0.457 e. The van der Waals surface area contributed by atoms with Crippen molar-refractivity contribution in [1.29, 1.82) is 0 Å². The van der Waals surface area contributed by atoms with Crippen molar-refractivity contribution in [3.05, 3.63) is 65.0 Å². The van der Waals surface area contributed by atoms with Crippen molar-refractivity contribution in [3.63, 3.8) is 0 Å². The van der Waals surface area contributed by atoms with Gasteiger partial charge in [-0.1, -0.05) is 58.4 Å². The number of halogens is 1. The van der Waals surface area contributed by atoms with Crippen LogP contribution < -0.4 is 5.32 Å². The van der Waals surface area contributed by atoms with E-state index in [-0.39, 0.29) is 12.6 Å². The Kier molecular flexibility index (Phi) is 4.71. The second-order valence-corrected chi connectivity index (χ2v) is 11.5. The van der Waals surface area contributed by atoms with Crippen molar-refractivity contribution in [2.75, 3.05) is 5.32 Å². The zero-order valence-electron chi connectivity index (χ0n) is 17.5. The van der Waals surface area contributed by atoms with Gasteiger partial charge in [0, 0.05) is 28.5 Å². The predicted octanol–water partition coefficient (Wildman–Crippen LogP) is 5.76. The number of carbonyl (C=O) groups is 1. The highest BCUT2D eigenvalue weighted by molar-refractivity contribution is 9.10. The SMILES string of the molecule is O=C(OCc1ccccc1)c1cnc2c(c1NC1C3CC4CC1CC(Br)(C4)C3)C=CC2. The Labute approximate surface area is 191 Å². The fourth-order valence-electron chi connectivity index (χ4n) is 6.64. The van der Waals surface area contributed by atoms with Gasteiger partial charge in [0.2, 0.25) is 0 Å². The van der Waals surface area contributed by atoms with E-state index in [4.69, 9.17) is 4.74 Å². The van der Waals surface area contributed by atoms with E-state index in [1.807, 2.05) is 30.3 Å². The molecule has 31 heavy (non-hydrogen) atoms. The van der Waals surface area contributed by atoms with Crippen molar-refractivity contribution in [1.82, 2.24) is 4.98 Å². The normalized spacial score (nSPS) is 32.2. The number of nitrogens with zero attached hydrogens (tertiary/aromatic N) is 1. The second-order valence-electron chi connectivity index (χ2n) is 9.87. The van der Waals surface area contributed by atoms with Crippen LogP contribution in [-0.2, 0) is 17.8 Å². The van der Waals surface area contributed by atoms with Gasteiger partial charge in [-0.3, -0.25) is 4.98 Å². The molecule has 160 valence electrons. The first-order chi connectivity index (χ1) is 15.1. The molecule has 7 rings (SSSR count). The van der Waals surface area contributed by atoms with Gasteiger partial charge in [-0.05, 0) is 55.4 Å². The molecule has 0 spiro atoms. The van der Waals surface area contributed by atoms with E-state index in [0.29, 0.717) is 27.8 Å². The summed E-state index contributed by atoms with van der Waals surface area (Å²) in [6.07, 6.45) is 13.2. The predicted molar refractivity (Wildman–Crippen MR) is 125 cm³/mol. The van der Waals surface area contributed by atoms with E-state index in [0.717, 1.165) is 34.8 Å². The average molecular weight is 479 g/mol. The van der Waals surface area contributed by atoms with Crippen molar-refractivity contribution in [3.8, 4) is 0 Å². The first kappa shape index (κ1) is 19.5. The third kappa shape index (κ3) is 3.51. The fraction of sp³-hybridized carbons (Fsp3) is 0.462. The minimum atomic E-state index is -0.303. The Balaban J connectivity index is 1.28. The van der Waals surface area contributed by atoms with Gasteiger partial charge in [0.1, 0.15) is 12.2 Å². The van der Waals surface area contributed by atoms with Gasteiger partial charge in [-0.15, -0.1) is 0 Å². The van der Waals surface area contributed by atoms with Gasteiger partial charge in [0.25, 0.3) is 0 Å². The topological polar surface area (TPSA) is 51.2 Å². The lowest BCUT2D eigenvalue weighted by Crippen LogP contribution is -2.56. The summed E-state index contributed by atoms with van der Waals surface area (Å²) in [4.78, 5) is 17.7. The summed E-state index contributed by atoms with van der Waals surface area (Å²) >= 11 is 4.08. The summed E-state index contributed by atoms with van der Waals surface area (Å²) < 4.78 is 6.03. The number of alkyl halides is 1. The van der Waals surface area contributed by atoms with Gasteiger partial charge in [-0.2, -0.15) is 0 Å². The number of carbonyl (C=O) groups excluding carboxylic acids is 1. The molecule has 1 N–H and O–H groups in total. The number of benzene rings is 1. The lowest BCUT2D eigenvalue weighted by Gasteiger charge is -2.58. The molecule has 1 aromatic heterocycles. The molecule has 0 radical (unpaired) electrons. The molecule has 0 amide bonds. The Morgan fingerprint density at radius 3 is 2.68 bits per heavy atom. The van der Waals surface area contributed by atoms with Crippen LogP contribution in [0, 0.1) is 17.8 Å². The maximum Gasteiger partial charge on any atom is 0.342 e. The van der Waals surface area contributed by atoms with Crippen LogP contribution in [-0.4, -0.2) is 21.3 Å². The smallest absolute Gasteiger partial charge is 0.342 e. The monoisotopic (exact) mass is 478 g/mol. The molecular weight excluding hydrogens is 452 g/mol.